The van der Waals surface area contributed by atoms with Crippen LogP contribution in [0.2, 0.25) is 0 Å². The molecular formula is C10H25N3Na4O9. The van der Waals surface area contributed by atoms with Crippen LogP contribution in [-0.2, 0) is 19.2 Å². The summed E-state index contributed by atoms with van der Waals surface area (Å²) in [6.07, 6.45) is 0. The Morgan fingerprint density at radius 3 is 0.808 bits per heavy atom. The van der Waals surface area contributed by atoms with Gasteiger partial charge in [0.1, 0.15) is 0 Å². The topological polar surface area (TPSA) is 222 Å². The van der Waals surface area contributed by atoms with Gasteiger partial charge in [0.25, 0.3) is 0 Å². The summed E-state index contributed by atoms with van der Waals surface area (Å²) in [4.78, 5) is 44.4. The second kappa shape index (κ2) is 26.7. The molecular weight excluding hydrogens is 398 g/mol. The summed E-state index contributed by atoms with van der Waals surface area (Å²) in [6, 6.07) is 0. The van der Waals surface area contributed by atoms with Gasteiger partial charge in [-0.25, -0.2) is 0 Å². The van der Waals surface area contributed by atoms with Crippen molar-refractivity contribution in [2.45, 2.75) is 0 Å². The Hall–Kier alpha value is 1.72. The second-order valence-electron chi connectivity index (χ2n) is 4.00. The summed E-state index contributed by atoms with van der Waals surface area (Å²) in [5, 5.41) is 34.5. The van der Waals surface area contributed by atoms with E-state index in [1.165, 1.54) is 0 Å². The molecule has 0 saturated carbocycles. The number of hydrogen-bond acceptors (Lipinski definition) is 7. The molecule has 138 valence electrons. The van der Waals surface area contributed by atoms with Crippen molar-refractivity contribution >= 4 is 142 Å². The van der Waals surface area contributed by atoms with Gasteiger partial charge in [-0.2, -0.15) is 0 Å². The Balaban J connectivity index is -0.000000120. The van der Waals surface area contributed by atoms with E-state index in [4.69, 9.17) is 20.4 Å². The molecule has 0 bridgehead atoms. The van der Waals surface area contributed by atoms with Crippen molar-refractivity contribution in [1.29, 1.82) is 0 Å². The van der Waals surface area contributed by atoms with Crippen LogP contribution in [0.3, 0.4) is 0 Å². The average Bonchev–Trinajstić information content (AvgIpc) is 2.22. The van der Waals surface area contributed by atoms with E-state index in [-0.39, 0.29) is 143 Å². The van der Waals surface area contributed by atoms with Crippen LogP contribution in [0, 0.1) is 0 Å². The quantitative estimate of drug-likeness (QED) is 0.197. The molecule has 0 rings (SSSR count). The predicted molar refractivity (Wildman–Crippen MR) is 101 cm³/mol. The van der Waals surface area contributed by atoms with Crippen molar-refractivity contribution in [2.24, 2.45) is 0 Å². The number of rotatable bonds is 11. The van der Waals surface area contributed by atoms with Gasteiger partial charge in [0, 0.05) is 13.1 Å². The first-order valence-electron chi connectivity index (χ1n) is 5.52. The number of nitrogens with zero attached hydrogens (tertiary/aromatic N) is 2. The first-order chi connectivity index (χ1) is 9.20. The maximum absolute atomic E-state index is 10.6. The van der Waals surface area contributed by atoms with E-state index in [2.05, 4.69) is 0 Å². The van der Waals surface area contributed by atoms with Crippen molar-refractivity contribution in [3.63, 3.8) is 0 Å². The number of carboxylic acids is 4. The van der Waals surface area contributed by atoms with Crippen molar-refractivity contribution < 1.29 is 45.1 Å². The normalized spacial score (nSPS) is 8.23. The van der Waals surface area contributed by atoms with Gasteiger partial charge in [-0.15, -0.1) is 0 Å². The van der Waals surface area contributed by atoms with E-state index >= 15 is 0 Å². The molecule has 0 aliphatic carbocycles. The molecule has 0 atom stereocenters. The summed E-state index contributed by atoms with van der Waals surface area (Å²) in [5.74, 6) is -4.91. The van der Waals surface area contributed by atoms with Crippen molar-refractivity contribution in [1.82, 2.24) is 16.0 Å². The molecule has 16 heteroatoms. The van der Waals surface area contributed by atoms with Crippen LogP contribution in [0.25, 0.3) is 0 Å². The standard InChI is InChI=1S/C10H16N2O8.H3N.4Na.H2O.4H/c13-7(14)3-11(4-8(15)16)1-2-12(5-9(17)18)6-10(19)20;;;;;;;;;;/h1-6H2,(H,13,14)(H,15,16)(H,17,18)(H,19,20);1H3;;;;;1H2;;;;. The zero-order valence-electron chi connectivity index (χ0n) is 11.8. The third-order valence-electron chi connectivity index (χ3n) is 2.17. The fraction of sp³-hybridized carbons (Fsp3) is 0.600. The predicted octanol–water partition coefficient (Wildman–Crippen LogP) is -5.33. The first kappa shape index (κ1) is 46.1. The minimum absolute atomic E-state index is 0. The van der Waals surface area contributed by atoms with Gasteiger partial charge < -0.3 is 32.1 Å². The molecule has 0 aromatic heterocycles. The molecule has 0 saturated heterocycles. The summed E-state index contributed by atoms with van der Waals surface area (Å²) >= 11 is 0. The number of carboxylic acid groups (broad SMARTS) is 4. The maximum atomic E-state index is 10.6. The van der Waals surface area contributed by atoms with Gasteiger partial charge in [-0.3, -0.25) is 29.0 Å². The molecule has 0 fully saturated rings. The zero-order chi connectivity index (χ0) is 15.7. The van der Waals surface area contributed by atoms with Gasteiger partial charge in [0.15, 0.2) is 0 Å². The zero-order valence-corrected chi connectivity index (χ0v) is 11.8. The van der Waals surface area contributed by atoms with Gasteiger partial charge >= 0.3 is 142 Å². The Labute approximate surface area is 239 Å². The third kappa shape index (κ3) is 30.4. The van der Waals surface area contributed by atoms with Gasteiger partial charge in [0.05, 0.1) is 26.2 Å². The van der Waals surface area contributed by atoms with Crippen molar-refractivity contribution in [2.75, 3.05) is 39.3 Å². The first-order valence-corrected chi connectivity index (χ1v) is 5.52. The van der Waals surface area contributed by atoms with E-state index in [1.807, 2.05) is 0 Å². The number of carbonyl (C=O) groups is 4. The fourth-order valence-corrected chi connectivity index (χ4v) is 1.48. The molecule has 0 aromatic carbocycles. The molecule has 0 radical (unpaired) electrons. The average molecular weight is 423 g/mol. The van der Waals surface area contributed by atoms with E-state index in [9.17, 15) is 19.2 Å². The monoisotopic (exact) mass is 423 g/mol. The van der Waals surface area contributed by atoms with Gasteiger partial charge in [0.2, 0.25) is 0 Å². The molecule has 0 aliphatic rings. The molecule has 9 N–H and O–H groups in total. The molecule has 0 spiro atoms. The van der Waals surface area contributed by atoms with Crippen LogP contribution in [0.4, 0.5) is 0 Å². The van der Waals surface area contributed by atoms with Crippen LogP contribution in [0.5, 0.6) is 0 Å². The number of hydrogen-bond donors (Lipinski definition) is 5. The van der Waals surface area contributed by atoms with E-state index in [0.717, 1.165) is 9.80 Å². The molecule has 0 unspecified atom stereocenters. The minimum atomic E-state index is -1.23. The third-order valence-corrected chi connectivity index (χ3v) is 2.17. The van der Waals surface area contributed by atoms with Gasteiger partial charge in [-0.05, 0) is 0 Å². The molecule has 0 aromatic rings. The summed E-state index contributed by atoms with van der Waals surface area (Å²) in [7, 11) is 0. The van der Waals surface area contributed by atoms with Crippen LogP contribution < -0.4 is 6.15 Å². The summed E-state index contributed by atoms with van der Waals surface area (Å²) in [5.41, 5.74) is 0. The summed E-state index contributed by atoms with van der Waals surface area (Å²) in [6.45, 7) is -2.25. The SMILES string of the molecule is N.O.O=C(O)CN(CCN(CC(=O)O)CC(=O)O)CC(=O)O.[NaH].[NaH].[NaH].[NaH]. The Bertz CT molecular complexity index is 336. The van der Waals surface area contributed by atoms with Crippen LogP contribution in [0.15, 0.2) is 0 Å². The van der Waals surface area contributed by atoms with Crippen LogP contribution in [-0.4, -0.2) is 217 Å². The molecule has 0 aliphatic heterocycles. The second-order valence-corrected chi connectivity index (χ2v) is 4.00. The fourth-order valence-electron chi connectivity index (χ4n) is 1.48. The Morgan fingerprint density at radius 1 is 0.538 bits per heavy atom. The molecule has 26 heavy (non-hydrogen) atoms. The molecule has 0 amide bonds. The Kier molecular flexibility index (Phi) is 47.4. The summed E-state index contributed by atoms with van der Waals surface area (Å²) < 4.78 is 0. The van der Waals surface area contributed by atoms with E-state index < -0.39 is 50.1 Å². The number of aliphatic carboxylic acids is 4. The van der Waals surface area contributed by atoms with Crippen molar-refractivity contribution in [3.8, 4) is 0 Å². The Morgan fingerprint density at radius 2 is 0.692 bits per heavy atom. The van der Waals surface area contributed by atoms with E-state index in [1.54, 1.807) is 0 Å². The van der Waals surface area contributed by atoms with Gasteiger partial charge in [-0.1, -0.05) is 0 Å². The van der Waals surface area contributed by atoms with E-state index in [0.29, 0.717) is 0 Å². The van der Waals surface area contributed by atoms with Crippen LogP contribution in [0.1, 0.15) is 0 Å². The molecule has 0 heterocycles. The molecule has 12 nitrogen and oxygen atoms in total. The van der Waals surface area contributed by atoms with Crippen molar-refractivity contribution in [3.05, 3.63) is 0 Å². The van der Waals surface area contributed by atoms with Crippen LogP contribution >= 0.6 is 0 Å².